The maximum Gasteiger partial charge on any atom is 0.503 e. The SMILES string of the molecule is CCN1C(=O)NC2(CCNC2)C1=O.O=C(O)O. The van der Waals surface area contributed by atoms with Crippen molar-refractivity contribution in [1.82, 2.24) is 15.5 Å². The summed E-state index contributed by atoms with van der Waals surface area (Å²) in [4.78, 5) is 32.9. The second-order valence-electron chi connectivity index (χ2n) is 3.77. The van der Waals surface area contributed by atoms with Crippen molar-refractivity contribution in [2.24, 2.45) is 0 Å². The van der Waals surface area contributed by atoms with Crippen LogP contribution in [0.5, 0.6) is 0 Å². The summed E-state index contributed by atoms with van der Waals surface area (Å²) in [6, 6.07) is -0.254. The molecule has 0 aromatic heterocycles. The smallest absolute Gasteiger partial charge is 0.450 e. The van der Waals surface area contributed by atoms with Gasteiger partial charge < -0.3 is 20.8 Å². The Morgan fingerprint density at radius 3 is 2.41 bits per heavy atom. The van der Waals surface area contributed by atoms with Crippen LogP contribution in [0.25, 0.3) is 0 Å². The Bertz CT molecular complexity index is 334. The van der Waals surface area contributed by atoms with E-state index in [1.807, 2.05) is 0 Å². The number of hydrogen-bond donors (Lipinski definition) is 4. The highest BCUT2D eigenvalue weighted by molar-refractivity contribution is 6.07. The molecule has 0 radical (unpaired) electrons. The summed E-state index contributed by atoms with van der Waals surface area (Å²) in [6.45, 7) is 3.61. The van der Waals surface area contributed by atoms with Crippen molar-refractivity contribution in [2.75, 3.05) is 19.6 Å². The molecule has 2 rings (SSSR count). The maximum absolute atomic E-state index is 11.8. The number of carbonyl (C=O) groups is 3. The summed E-state index contributed by atoms with van der Waals surface area (Å²) in [5, 5.41) is 19.8. The third-order valence-corrected chi connectivity index (χ3v) is 2.72. The Kier molecular flexibility index (Phi) is 3.89. The summed E-state index contributed by atoms with van der Waals surface area (Å²) in [6.07, 6.45) is -1.13. The number of likely N-dealkylation sites (N-methyl/N-ethyl adjacent to an activating group) is 1. The van der Waals surface area contributed by atoms with E-state index in [4.69, 9.17) is 15.0 Å². The van der Waals surface area contributed by atoms with Crippen molar-refractivity contribution >= 4 is 18.1 Å². The molecule has 2 fully saturated rings. The van der Waals surface area contributed by atoms with Crippen LogP contribution in [-0.4, -0.2) is 58.4 Å². The van der Waals surface area contributed by atoms with Gasteiger partial charge in [-0.25, -0.2) is 9.59 Å². The zero-order chi connectivity index (χ0) is 13.1. The quantitative estimate of drug-likeness (QED) is 0.463. The number of hydrogen-bond acceptors (Lipinski definition) is 4. The monoisotopic (exact) mass is 245 g/mol. The van der Waals surface area contributed by atoms with E-state index >= 15 is 0 Å². The summed E-state index contributed by atoms with van der Waals surface area (Å²) >= 11 is 0. The van der Waals surface area contributed by atoms with Crippen molar-refractivity contribution in [1.29, 1.82) is 0 Å². The van der Waals surface area contributed by atoms with Gasteiger partial charge in [-0.2, -0.15) is 0 Å². The van der Waals surface area contributed by atoms with Gasteiger partial charge in [0.15, 0.2) is 0 Å². The van der Waals surface area contributed by atoms with E-state index < -0.39 is 11.7 Å². The fraction of sp³-hybridized carbons (Fsp3) is 0.667. The zero-order valence-electron chi connectivity index (χ0n) is 9.39. The zero-order valence-corrected chi connectivity index (χ0v) is 9.39. The average Bonchev–Trinajstić information content (AvgIpc) is 2.75. The molecule has 3 amide bonds. The van der Waals surface area contributed by atoms with Crippen LogP contribution in [0.15, 0.2) is 0 Å². The van der Waals surface area contributed by atoms with Crippen LogP contribution in [0.3, 0.4) is 0 Å². The molecular weight excluding hydrogens is 230 g/mol. The lowest BCUT2D eigenvalue weighted by Crippen LogP contribution is -2.48. The summed E-state index contributed by atoms with van der Waals surface area (Å²) in [5.41, 5.74) is -0.632. The lowest BCUT2D eigenvalue weighted by molar-refractivity contribution is -0.130. The fourth-order valence-corrected chi connectivity index (χ4v) is 1.94. The van der Waals surface area contributed by atoms with Gasteiger partial charge in [0.1, 0.15) is 5.54 Å². The number of urea groups is 1. The predicted molar refractivity (Wildman–Crippen MR) is 56.8 cm³/mol. The van der Waals surface area contributed by atoms with Gasteiger partial charge in [-0.15, -0.1) is 0 Å². The fourth-order valence-electron chi connectivity index (χ4n) is 1.94. The van der Waals surface area contributed by atoms with E-state index in [0.29, 0.717) is 19.5 Å². The molecule has 0 aliphatic carbocycles. The number of nitrogens with zero attached hydrogens (tertiary/aromatic N) is 1. The van der Waals surface area contributed by atoms with Gasteiger partial charge in [-0.3, -0.25) is 9.69 Å². The molecule has 8 nitrogen and oxygen atoms in total. The van der Waals surface area contributed by atoms with Gasteiger partial charge >= 0.3 is 12.2 Å². The van der Waals surface area contributed by atoms with Crippen LogP contribution in [0, 0.1) is 0 Å². The number of amides is 3. The molecule has 2 aliphatic rings. The van der Waals surface area contributed by atoms with Crippen molar-refractivity contribution in [2.45, 2.75) is 18.9 Å². The molecule has 0 aromatic rings. The van der Waals surface area contributed by atoms with Gasteiger partial charge in [0.05, 0.1) is 0 Å². The van der Waals surface area contributed by atoms with Crippen molar-refractivity contribution in [3.8, 4) is 0 Å². The van der Waals surface area contributed by atoms with E-state index in [-0.39, 0.29) is 11.9 Å². The molecular formula is C9H15N3O5. The first-order chi connectivity index (χ1) is 7.93. The molecule has 96 valence electrons. The van der Waals surface area contributed by atoms with Crippen LogP contribution in [-0.2, 0) is 4.79 Å². The standard InChI is InChI=1S/C8H13N3O2.CH2O3/c1-2-11-6(12)8(10-7(11)13)3-4-9-5-8;2-1(3)4/h9H,2-5H2,1H3,(H,10,13);(H2,2,3,4). The van der Waals surface area contributed by atoms with Gasteiger partial charge in [0.2, 0.25) is 0 Å². The van der Waals surface area contributed by atoms with Gasteiger partial charge in [0, 0.05) is 13.1 Å². The molecule has 0 aromatic carbocycles. The third kappa shape index (κ3) is 2.64. The molecule has 0 bridgehead atoms. The molecule has 1 unspecified atom stereocenters. The molecule has 1 atom stereocenters. The molecule has 0 saturated carbocycles. The molecule has 17 heavy (non-hydrogen) atoms. The highest BCUT2D eigenvalue weighted by atomic mass is 16.6. The third-order valence-electron chi connectivity index (χ3n) is 2.72. The van der Waals surface area contributed by atoms with Crippen LogP contribution in [0.1, 0.15) is 13.3 Å². The molecule has 2 saturated heterocycles. The van der Waals surface area contributed by atoms with Crippen LogP contribution < -0.4 is 10.6 Å². The first kappa shape index (κ1) is 13.2. The number of carboxylic acid groups (broad SMARTS) is 2. The Hall–Kier alpha value is -1.83. The first-order valence-corrected chi connectivity index (χ1v) is 5.19. The van der Waals surface area contributed by atoms with Crippen LogP contribution >= 0.6 is 0 Å². The number of nitrogens with one attached hydrogen (secondary N) is 2. The van der Waals surface area contributed by atoms with Gasteiger partial charge in [-0.05, 0) is 19.9 Å². The first-order valence-electron chi connectivity index (χ1n) is 5.19. The lowest BCUT2D eigenvalue weighted by atomic mass is 9.99. The van der Waals surface area contributed by atoms with E-state index in [1.54, 1.807) is 6.92 Å². The minimum atomic E-state index is -1.83. The summed E-state index contributed by atoms with van der Waals surface area (Å²) in [7, 11) is 0. The highest BCUT2D eigenvalue weighted by Gasteiger charge is 2.51. The van der Waals surface area contributed by atoms with Crippen molar-refractivity contribution in [3.05, 3.63) is 0 Å². The number of rotatable bonds is 1. The van der Waals surface area contributed by atoms with E-state index in [9.17, 15) is 9.59 Å². The lowest BCUT2D eigenvalue weighted by Gasteiger charge is -2.18. The van der Waals surface area contributed by atoms with E-state index in [2.05, 4.69) is 10.6 Å². The van der Waals surface area contributed by atoms with Crippen LogP contribution in [0.2, 0.25) is 0 Å². The predicted octanol–water partition coefficient (Wildman–Crippen LogP) is -0.487. The summed E-state index contributed by atoms with van der Waals surface area (Å²) in [5.74, 6) is -0.0787. The number of carbonyl (C=O) groups excluding carboxylic acids is 2. The number of imide groups is 1. The van der Waals surface area contributed by atoms with Gasteiger partial charge in [0.25, 0.3) is 5.91 Å². The Morgan fingerprint density at radius 1 is 1.47 bits per heavy atom. The molecule has 1 spiro atoms. The Labute approximate surface area is 97.6 Å². The molecule has 2 heterocycles. The highest BCUT2D eigenvalue weighted by Crippen LogP contribution is 2.23. The minimum Gasteiger partial charge on any atom is -0.450 e. The Morgan fingerprint density at radius 2 is 2.06 bits per heavy atom. The average molecular weight is 245 g/mol. The molecule has 2 aliphatic heterocycles. The molecule has 4 N–H and O–H groups in total. The van der Waals surface area contributed by atoms with Crippen molar-refractivity contribution < 1.29 is 24.6 Å². The largest absolute Gasteiger partial charge is 0.503 e. The second kappa shape index (κ2) is 5.00. The minimum absolute atomic E-state index is 0.0787. The Balaban J connectivity index is 0.000000317. The summed E-state index contributed by atoms with van der Waals surface area (Å²) < 4.78 is 0. The van der Waals surface area contributed by atoms with E-state index in [1.165, 1.54) is 4.90 Å². The van der Waals surface area contributed by atoms with Gasteiger partial charge in [-0.1, -0.05) is 0 Å². The topological polar surface area (TPSA) is 119 Å². The van der Waals surface area contributed by atoms with Crippen LogP contribution in [0.4, 0.5) is 9.59 Å². The second-order valence-corrected chi connectivity index (χ2v) is 3.77. The van der Waals surface area contributed by atoms with Crippen molar-refractivity contribution in [3.63, 3.8) is 0 Å². The maximum atomic E-state index is 11.8. The normalized spacial score (nSPS) is 26.8. The van der Waals surface area contributed by atoms with E-state index in [0.717, 1.165) is 6.54 Å². The molecule has 8 heteroatoms.